The highest BCUT2D eigenvalue weighted by atomic mass is 32.2. The van der Waals surface area contributed by atoms with Crippen LogP contribution in [0.3, 0.4) is 0 Å². The van der Waals surface area contributed by atoms with E-state index in [1.54, 1.807) is 16.6 Å². The molecule has 1 aromatic carbocycles. The van der Waals surface area contributed by atoms with Crippen LogP contribution in [0.2, 0.25) is 0 Å². The summed E-state index contributed by atoms with van der Waals surface area (Å²) in [5.74, 6) is -0.265. The molecule has 166 valence electrons. The van der Waals surface area contributed by atoms with Crippen LogP contribution in [0.15, 0.2) is 35.4 Å². The molecule has 0 aliphatic carbocycles. The van der Waals surface area contributed by atoms with Gasteiger partial charge >= 0.3 is 5.97 Å². The topological polar surface area (TPSA) is 90.8 Å². The Labute approximate surface area is 183 Å². The number of aryl methyl sites for hydroxylation is 3. The van der Waals surface area contributed by atoms with Crippen LogP contribution in [0.1, 0.15) is 47.9 Å². The number of pyridine rings is 1. The van der Waals surface area contributed by atoms with Crippen molar-refractivity contribution in [2.45, 2.75) is 63.4 Å². The predicted octanol–water partition coefficient (Wildman–Crippen LogP) is 3.28. The number of fused-ring (bicyclic) bond motifs is 3. The van der Waals surface area contributed by atoms with Crippen LogP contribution in [-0.2, 0) is 27.8 Å². The number of hydrogen-bond donors (Lipinski definition) is 1. The third-order valence-electron chi connectivity index (χ3n) is 6.29. The molecule has 2 aliphatic heterocycles. The quantitative estimate of drug-likeness (QED) is 0.763. The third-order valence-corrected chi connectivity index (χ3v) is 8.10. The zero-order chi connectivity index (χ0) is 22.2. The van der Waals surface area contributed by atoms with Gasteiger partial charge in [0.2, 0.25) is 10.0 Å². The summed E-state index contributed by atoms with van der Waals surface area (Å²) in [6.07, 6.45) is 5.29. The molecule has 0 spiro atoms. The van der Waals surface area contributed by atoms with Gasteiger partial charge < -0.3 is 10.0 Å². The summed E-state index contributed by atoms with van der Waals surface area (Å²) in [5.41, 5.74) is 3.65. The zero-order valence-electron chi connectivity index (χ0n) is 18.0. The summed E-state index contributed by atoms with van der Waals surface area (Å²) >= 11 is 0. The van der Waals surface area contributed by atoms with Gasteiger partial charge in [0.15, 0.2) is 0 Å². The predicted molar refractivity (Wildman–Crippen MR) is 119 cm³/mol. The van der Waals surface area contributed by atoms with Crippen molar-refractivity contribution in [2.75, 3.05) is 18.0 Å². The molecule has 8 heteroatoms. The van der Waals surface area contributed by atoms with Crippen molar-refractivity contribution < 1.29 is 18.3 Å². The van der Waals surface area contributed by atoms with Crippen molar-refractivity contribution in [3.8, 4) is 0 Å². The van der Waals surface area contributed by atoms with E-state index in [1.165, 1.54) is 0 Å². The Bertz CT molecular complexity index is 1100. The van der Waals surface area contributed by atoms with Crippen LogP contribution in [0, 0.1) is 13.8 Å². The molecule has 1 fully saturated rings. The molecule has 2 aliphatic rings. The molecule has 2 aromatic rings. The molecule has 0 saturated carbocycles. The lowest BCUT2D eigenvalue weighted by Gasteiger charge is -2.36. The summed E-state index contributed by atoms with van der Waals surface area (Å²) < 4.78 is 29.0. The standard InChI is InChI=1S/C23H29N3O4S/c1-16-11-21-23(24-13-16)26-10-4-3-5-20(26)15-25(31(21,29)30)14-19-12-18(7-6-17(19)2)8-9-22(27)28/h6-7,11-13,20H,3-5,8-10,14-15H2,1-2H3,(H,27,28)/t20-/m0/s1. The van der Waals surface area contributed by atoms with Crippen molar-refractivity contribution in [1.29, 1.82) is 0 Å². The maximum absolute atomic E-state index is 13.7. The number of benzene rings is 1. The van der Waals surface area contributed by atoms with Crippen molar-refractivity contribution >= 4 is 21.8 Å². The number of aliphatic carboxylic acids is 1. The van der Waals surface area contributed by atoms with Crippen molar-refractivity contribution in [2.24, 2.45) is 0 Å². The van der Waals surface area contributed by atoms with E-state index in [0.29, 0.717) is 18.8 Å². The van der Waals surface area contributed by atoms with Gasteiger partial charge in [-0.2, -0.15) is 4.31 Å². The lowest BCUT2D eigenvalue weighted by molar-refractivity contribution is -0.136. The Morgan fingerprint density at radius 2 is 2.03 bits per heavy atom. The number of piperidine rings is 1. The van der Waals surface area contributed by atoms with Gasteiger partial charge in [0.05, 0.1) is 0 Å². The van der Waals surface area contributed by atoms with E-state index in [0.717, 1.165) is 48.1 Å². The monoisotopic (exact) mass is 443 g/mol. The second-order valence-corrected chi connectivity index (χ2v) is 10.5. The van der Waals surface area contributed by atoms with E-state index in [9.17, 15) is 13.2 Å². The number of rotatable bonds is 5. The average Bonchev–Trinajstić information content (AvgIpc) is 2.82. The van der Waals surface area contributed by atoms with Crippen LogP contribution >= 0.6 is 0 Å². The summed E-state index contributed by atoms with van der Waals surface area (Å²) in [6, 6.07) is 7.66. The van der Waals surface area contributed by atoms with Crippen LogP contribution in [0.4, 0.5) is 5.82 Å². The first-order chi connectivity index (χ1) is 14.8. The summed E-state index contributed by atoms with van der Waals surface area (Å²) in [5, 5.41) is 8.99. The molecular weight excluding hydrogens is 414 g/mol. The number of aromatic nitrogens is 1. The summed E-state index contributed by atoms with van der Waals surface area (Å²) in [6.45, 7) is 5.35. The first-order valence-electron chi connectivity index (χ1n) is 10.8. The van der Waals surface area contributed by atoms with E-state index >= 15 is 0 Å². The summed E-state index contributed by atoms with van der Waals surface area (Å²) in [4.78, 5) is 17.9. The molecule has 0 unspecified atom stereocenters. The number of anilines is 1. The van der Waals surface area contributed by atoms with Gasteiger partial charge in [0.1, 0.15) is 10.7 Å². The number of sulfonamides is 1. The minimum atomic E-state index is -3.72. The maximum atomic E-state index is 13.7. The molecule has 0 bridgehead atoms. The van der Waals surface area contributed by atoms with Gasteiger partial charge in [-0.3, -0.25) is 4.79 Å². The van der Waals surface area contributed by atoms with Gasteiger partial charge in [-0.1, -0.05) is 18.2 Å². The first-order valence-corrected chi connectivity index (χ1v) is 12.2. The fraction of sp³-hybridized carbons (Fsp3) is 0.478. The maximum Gasteiger partial charge on any atom is 0.303 e. The third kappa shape index (κ3) is 4.45. The minimum absolute atomic E-state index is 0.0554. The molecule has 7 nitrogen and oxygen atoms in total. The number of carboxylic acids is 1. The zero-order valence-corrected chi connectivity index (χ0v) is 18.9. The minimum Gasteiger partial charge on any atom is -0.481 e. The molecule has 1 atom stereocenters. The summed E-state index contributed by atoms with van der Waals surface area (Å²) in [7, 11) is -3.72. The van der Waals surface area contributed by atoms with Gasteiger partial charge in [-0.05, 0) is 67.9 Å². The number of carbonyl (C=O) groups is 1. The number of carboxylic acid groups (broad SMARTS) is 1. The van der Waals surface area contributed by atoms with Crippen LogP contribution in [0.25, 0.3) is 0 Å². The average molecular weight is 444 g/mol. The molecule has 31 heavy (non-hydrogen) atoms. The Hall–Kier alpha value is -2.45. The molecule has 3 heterocycles. The molecule has 0 radical (unpaired) electrons. The molecule has 4 rings (SSSR count). The Morgan fingerprint density at radius 1 is 1.23 bits per heavy atom. The van der Waals surface area contributed by atoms with Gasteiger partial charge in [0.25, 0.3) is 0 Å². The second kappa shape index (κ2) is 8.59. The van der Waals surface area contributed by atoms with Crippen molar-refractivity contribution in [3.05, 3.63) is 52.7 Å². The van der Waals surface area contributed by atoms with E-state index in [2.05, 4.69) is 9.88 Å². The fourth-order valence-electron chi connectivity index (χ4n) is 4.52. The van der Waals surface area contributed by atoms with Gasteiger partial charge in [-0.15, -0.1) is 0 Å². The highest BCUT2D eigenvalue weighted by Crippen LogP contribution is 2.36. The highest BCUT2D eigenvalue weighted by Gasteiger charge is 2.39. The highest BCUT2D eigenvalue weighted by molar-refractivity contribution is 7.89. The van der Waals surface area contributed by atoms with Gasteiger partial charge in [0, 0.05) is 38.3 Å². The van der Waals surface area contributed by atoms with Crippen LogP contribution in [0.5, 0.6) is 0 Å². The lowest BCUT2D eigenvalue weighted by atomic mass is 10.0. The number of nitrogens with zero attached hydrogens (tertiary/aromatic N) is 3. The number of hydrogen-bond acceptors (Lipinski definition) is 5. The fourth-order valence-corrected chi connectivity index (χ4v) is 6.21. The molecule has 1 saturated heterocycles. The molecule has 1 aromatic heterocycles. The Morgan fingerprint density at radius 3 is 2.81 bits per heavy atom. The normalized spacial score (nSPS) is 20.6. The smallest absolute Gasteiger partial charge is 0.303 e. The largest absolute Gasteiger partial charge is 0.481 e. The van der Waals surface area contributed by atoms with E-state index < -0.39 is 16.0 Å². The molecule has 1 N–H and O–H groups in total. The van der Waals surface area contributed by atoms with E-state index in [1.807, 2.05) is 32.0 Å². The first kappa shape index (κ1) is 21.8. The van der Waals surface area contributed by atoms with Crippen molar-refractivity contribution in [1.82, 2.24) is 9.29 Å². The SMILES string of the molecule is Cc1cnc2c(c1)S(=O)(=O)N(Cc1cc(CCC(=O)O)ccc1C)C[C@@H]1CCCCN21. The van der Waals surface area contributed by atoms with E-state index in [-0.39, 0.29) is 23.9 Å². The van der Waals surface area contributed by atoms with Gasteiger partial charge in [-0.25, -0.2) is 13.4 Å². The molecule has 0 amide bonds. The lowest BCUT2D eigenvalue weighted by Crippen LogP contribution is -2.45. The molecular formula is C23H29N3O4S. The van der Waals surface area contributed by atoms with Crippen LogP contribution < -0.4 is 4.90 Å². The van der Waals surface area contributed by atoms with Crippen molar-refractivity contribution in [3.63, 3.8) is 0 Å². The Kier molecular flexibility index (Phi) is 6.03. The van der Waals surface area contributed by atoms with E-state index in [4.69, 9.17) is 5.11 Å². The van der Waals surface area contributed by atoms with Crippen LogP contribution in [-0.4, -0.2) is 47.9 Å². The second-order valence-electron chi connectivity index (χ2n) is 8.63. The Balaban J connectivity index is 1.72.